The van der Waals surface area contributed by atoms with Gasteiger partial charge in [-0.25, -0.2) is 0 Å². The quantitative estimate of drug-likeness (QED) is 0.901. The number of hydrogen-bond acceptors (Lipinski definition) is 2. The van der Waals surface area contributed by atoms with E-state index in [1.165, 1.54) is 5.56 Å². The molecule has 0 saturated carbocycles. The predicted octanol–water partition coefficient (Wildman–Crippen LogP) is 3.09. The summed E-state index contributed by atoms with van der Waals surface area (Å²) >= 11 is 3.48. The van der Waals surface area contributed by atoms with Gasteiger partial charge in [-0.3, -0.25) is 4.79 Å². The molecule has 2 N–H and O–H groups in total. The van der Waals surface area contributed by atoms with Crippen molar-refractivity contribution in [2.75, 3.05) is 18.4 Å². The summed E-state index contributed by atoms with van der Waals surface area (Å²) in [5, 5.41) is 6.29. The summed E-state index contributed by atoms with van der Waals surface area (Å²) < 4.78 is 0.946. The average molecular weight is 311 g/mol. The van der Waals surface area contributed by atoms with Gasteiger partial charge >= 0.3 is 0 Å². The summed E-state index contributed by atoms with van der Waals surface area (Å²) in [5.41, 5.74) is 2.04. The van der Waals surface area contributed by atoms with E-state index in [0.29, 0.717) is 12.3 Å². The van der Waals surface area contributed by atoms with Crippen molar-refractivity contribution >= 4 is 27.5 Å². The van der Waals surface area contributed by atoms with Gasteiger partial charge < -0.3 is 10.6 Å². The minimum atomic E-state index is 0.117. The first-order valence-corrected chi connectivity index (χ1v) is 7.21. The summed E-state index contributed by atoms with van der Waals surface area (Å²) in [6, 6.07) is 5.96. The molecule has 3 nitrogen and oxygen atoms in total. The summed E-state index contributed by atoms with van der Waals surface area (Å²) in [6.45, 7) is 4.10. The third kappa shape index (κ3) is 3.82. The van der Waals surface area contributed by atoms with E-state index in [0.717, 1.165) is 36.1 Å². The minimum Gasteiger partial charge on any atom is -0.325 e. The molecular formula is C14H19BrN2O. The molecule has 1 heterocycles. The van der Waals surface area contributed by atoms with Crippen LogP contribution >= 0.6 is 15.9 Å². The standard InChI is InChI=1S/C14H19BrN2O/c1-10-2-3-13(12(15)8-10)17-14(18)9-11-4-6-16-7-5-11/h2-3,8,11,16H,4-7,9H2,1H3,(H,17,18). The van der Waals surface area contributed by atoms with E-state index in [-0.39, 0.29) is 5.91 Å². The Morgan fingerprint density at radius 2 is 2.17 bits per heavy atom. The number of nitrogens with one attached hydrogen (secondary N) is 2. The maximum atomic E-state index is 12.0. The number of carbonyl (C=O) groups excluding carboxylic acids is 1. The zero-order chi connectivity index (χ0) is 13.0. The van der Waals surface area contributed by atoms with Crippen molar-refractivity contribution in [3.8, 4) is 0 Å². The first-order valence-electron chi connectivity index (χ1n) is 6.42. The van der Waals surface area contributed by atoms with Crippen LogP contribution in [-0.2, 0) is 4.79 Å². The topological polar surface area (TPSA) is 41.1 Å². The molecule has 1 fully saturated rings. The highest BCUT2D eigenvalue weighted by atomic mass is 79.9. The van der Waals surface area contributed by atoms with Crippen molar-refractivity contribution in [2.45, 2.75) is 26.2 Å². The lowest BCUT2D eigenvalue weighted by Crippen LogP contribution is -2.30. The van der Waals surface area contributed by atoms with Gasteiger partial charge in [-0.15, -0.1) is 0 Å². The maximum Gasteiger partial charge on any atom is 0.224 e. The van der Waals surface area contributed by atoms with Crippen LogP contribution in [0.3, 0.4) is 0 Å². The zero-order valence-electron chi connectivity index (χ0n) is 10.6. The number of halogens is 1. The highest BCUT2D eigenvalue weighted by molar-refractivity contribution is 9.10. The first kappa shape index (κ1) is 13.6. The van der Waals surface area contributed by atoms with E-state index in [1.807, 2.05) is 25.1 Å². The van der Waals surface area contributed by atoms with E-state index in [9.17, 15) is 4.79 Å². The van der Waals surface area contributed by atoms with Crippen molar-refractivity contribution in [1.29, 1.82) is 0 Å². The molecule has 18 heavy (non-hydrogen) atoms. The first-order chi connectivity index (χ1) is 8.65. The van der Waals surface area contributed by atoms with Crippen LogP contribution in [0.4, 0.5) is 5.69 Å². The number of piperidine rings is 1. The lowest BCUT2D eigenvalue weighted by Gasteiger charge is -2.22. The molecule has 0 unspecified atom stereocenters. The second-order valence-corrected chi connectivity index (χ2v) is 5.78. The van der Waals surface area contributed by atoms with E-state index in [1.54, 1.807) is 0 Å². The molecule has 1 amide bonds. The van der Waals surface area contributed by atoms with Crippen LogP contribution in [0.5, 0.6) is 0 Å². The summed E-state index contributed by atoms with van der Waals surface area (Å²) in [7, 11) is 0. The highest BCUT2D eigenvalue weighted by Gasteiger charge is 2.17. The van der Waals surface area contributed by atoms with Crippen LogP contribution in [0.25, 0.3) is 0 Å². The third-order valence-corrected chi connectivity index (χ3v) is 3.99. The van der Waals surface area contributed by atoms with Crippen LogP contribution in [0, 0.1) is 12.8 Å². The number of rotatable bonds is 3. The Morgan fingerprint density at radius 3 is 2.83 bits per heavy atom. The third-order valence-electron chi connectivity index (χ3n) is 3.33. The highest BCUT2D eigenvalue weighted by Crippen LogP contribution is 2.24. The number of hydrogen-bond donors (Lipinski definition) is 2. The van der Waals surface area contributed by atoms with Gasteiger partial charge in [0.05, 0.1) is 5.69 Å². The molecule has 1 aromatic rings. The van der Waals surface area contributed by atoms with Gasteiger partial charge in [0.15, 0.2) is 0 Å². The maximum absolute atomic E-state index is 12.0. The molecular weight excluding hydrogens is 292 g/mol. The minimum absolute atomic E-state index is 0.117. The van der Waals surface area contributed by atoms with E-state index in [2.05, 4.69) is 26.6 Å². The van der Waals surface area contributed by atoms with Gasteiger partial charge in [0.2, 0.25) is 5.91 Å². The Balaban J connectivity index is 1.90. The molecule has 0 aromatic heterocycles. The SMILES string of the molecule is Cc1ccc(NC(=O)CC2CCNCC2)c(Br)c1. The lowest BCUT2D eigenvalue weighted by molar-refractivity contribution is -0.117. The fourth-order valence-corrected chi connectivity index (χ4v) is 2.86. The van der Waals surface area contributed by atoms with Crippen LogP contribution in [0.1, 0.15) is 24.8 Å². The van der Waals surface area contributed by atoms with Crippen LogP contribution in [0.2, 0.25) is 0 Å². The number of anilines is 1. The molecule has 4 heteroatoms. The predicted molar refractivity (Wildman–Crippen MR) is 77.7 cm³/mol. The molecule has 0 spiro atoms. The molecule has 1 aliphatic heterocycles. The lowest BCUT2D eigenvalue weighted by atomic mass is 9.94. The second kappa shape index (κ2) is 6.34. The van der Waals surface area contributed by atoms with Crippen molar-refractivity contribution in [3.63, 3.8) is 0 Å². The number of carbonyl (C=O) groups is 1. The summed E-state index contributed by atoms with van der Waals surface area (Å²) in [5.74, 6) is 0.641. The molecule has 0 radical (unpaired) electrons. The Bertz CT molecular complexity index is 428. The molecule has 0 aliphatic carbocycles. The van der Waals surface area contributed by atoms with Gasteiger partial charge in [-0.05, 0) is 72.4 Å². The molecule has 1 saturated heterocycles. The van der Waals surface area contributed by atoms with Crippen molar-refractivity contribution < 1.29 is 4.79 Å². The smallest absolute Gasteiger partial charge is 0.224 e. The van der Waals surface area contributed by atoms with Gasteiger partial charge in [0.25, 0.3) is 0 Å². The van der Waals surface area contributed by atoms with Gasteiger partial charge in [-0.2, -0.15) is 0 Å². The molecule has 1 aromatic carbocycles. The van der Waals surface area contributed by atoms with Crippen LogP contribution < -0.4 is 10.6 Å². The molecule has 0 atom stereocenters. The summed E-state index contributed by atoms with van der Waals surface area (Å²) in [6.07, 6.45) is 2.83. The molecule has 98 valence electrons. The monoisotopic (exact) mass is 310 g/mol. The second-order valence-electron chi connectivity index (χ2n) is 4.93. The van der Waals surface area contributed by atoms with Gasteiger partial charge in [0.1, 0.15) is 0 Å². The van der Waals surface area contributed by atoms with E-state index in [4.69, 9.17) is 0 Å². The molecule has 0 bridgehead atoms. The Kier molecular flexibility index (Phi) is 4.78. The average Bonchev–Trinajstić information content (AvgIpc) is 2.34. The van der Waals surface area contributed by atoms with Crippen LogP contribution in [0.15, 0.2) is 22.7 Å². The van der Waals surface area contributed by atoms with Crippen LogP contribution in [-0.4, -0.2) is 19.0 Å². The van der Waals surface area contributed by atoms with Crippen molar-refractivity contribution in [1.82, 2.24) is 5.32 Å². The fourth-order valence-electron chi connectivity index (χ4n) is 2.27. The molecule has 2 rings (SSSR count). The number of benzene rings is 1. The summed E-state index contributed by atoms with van der Waals surface area (Å²) in [4.78, 5) is 12.0. The van der Waals surface area contributed by atoms with Gasteiger partial charge in [0, 0.05) is 10.9 Å². The Labute approximate surface area is 116 Å². The largest absolute Gasteiger partial charge is 0.325 e. The van der Waals surface area contributed by atoms with Crippen molar-refractivity contribution in [2.24, 2.45) is 5.92 Å². The fraction of sp³-hybridized carbons (Fsp3) is 0.500. The van der Waals surface area contributed by atoms with Crippen molar-refractivity contribution in [3.05, 3.63) is 28.2 Å². The number of aryl methyl sites for hydroxylation is 1. The normalized spacial score (nSPS) is 16.6. The Morgan fingerprint density at radius 1 is 1.44 bits per heavy atom. The van der Waals surface area contributed by atoms with Gasteiger partial charge in [-0.1, -0.05) is 6.07 Å². The Hall–Kier alpha value is -0.870. The van der Waals surface area contributed by atoms with E-state index < -0.39 is 0 Å². The zero-order valence-corrected chi connectivity index (χ0v) is 12.2. The number of amides is 1. The molecule has 1 aliphatic rings. The van der Waals surface area contributed by atoms with E-state index >= 15 is 0 Å².